The quantitative estimate of drug-likeness (QED) is 0.739. The maximum absolute atomic E-state index is 12.0. The van der Waals surface area contributed by atoms with Gasteiger partial charge in [0.25, 0.3) is 5.91 Å². The van der Waals surface area contributed by atoms with Crippen molar-refractivity contribution in [1.82, 2.24) is 4.98 Å². The lowest BCUT2D eigenvalue weighted by Gasteiger charge is -2.01. The van der Waals surface area contributed by atoms with Crippen molar-refractivity contribution in [3.8, 4) is 0 Å². The van der Waals surface area contributed by atoms with Gasteiger partial charge in [0.15, 0.2) is 0 Å². The van der Waals surface area contributed by atoms with Crippen LogP contribution >= 0.6 is 0 Å². The molecule has 0 aliphatic carbocycles. The van der Waals surface area contributed by atoms with E-state index in [0.717, 1.165) is 11.3 Å². The molecule has 0 bridgehead atoms. The number of aromatic amines is 1. The van der Waals surface area contributed by atoms with Crippen molar-refractivity contribution in [2.24, 2.45) is 5.73 Å². The summed E-state index contributed by atoms with van der Waals surface area (Å²) in [5.41, 5.74) is 8.68. The number of H-pyrrole nitrogens is 1. The molecule has 1 aliphatic rings. The molecule has 100 valence electrons. The zero-order valence-electron chi connectivity index (χ0n) is 10.6. The van der Waals surface area contributed by atoms with Gasteiger partial charge in [-0.2, -0.15) is 0 Å². The summed E-state index contributed by atoms with van der Waals surface area (Å²) in [7, 11) is 0. The summed E-state index contributed by atoms with van der Waals surface area (Å²) in [6.45, 7) is 0. The van der Waals surface area contributed by atoms with Crippen molar-refractivity contribution in [2.45, 2.75) is 6.42 Å². The first-order chi connectivity index (χ1) is 9.65. The highest BCUT2D eigenvalue weighted by molar-refractivity contribution is 6.31. The SMILES string of the molecule is NC(=O)c1ccc2c(c1)C(=CCc1ccc[nH]1)C(=O)N2. The lowest BCUT2D eigenvalue weighted by Crippen LogP contribution is -2.10. The topological polar surface area (TPSA) is 88.0 Å². The number of fused-ring (bicyclic) bond motifs is 1. The lowest BCUT2D eigenvalue weighted by molar-refractivity contribution is -0.110. The summed E-state index contributed by atoms with van der Waals surface area (Å²) in [6.07, 6.45) is 4.30. The van der Waals surface area contributed by atoms with E-state index in [1.807, 2.05) is 24.4 Å². The number of carbonyl (C=O) groups is 2. The van der Waals surface area contributed by atoms with Gasteiger partial charge in [0.1, 0.15) is 0 Å². The van der Waals surface area contributed by atoms with Gasteiger partial charge in [-0.3, -0.25) is 9.59 Å². The fourth-order valence-corrected chi connectivity index (χ4v) is 2.25. The number of carbonyl (C=O) groups excluding carboxylic acids is 2. The average molecular weight is 267 g/mol. The van der Waals surface area contributed by atoms with E-state index in [-0.39, 0.29) is 5.91 Å². The molecule has 5 nitrogen and oxygen atoms in total. The first-order valence-electron chi connectivity index (χ1n) is 6.23. The number of nitrogens with two attached hydrogens (primary N) is 1. The van der Waals surface area contributed by atoms with Crippen LogP contribution in [0.25, 0.3) is 5.57 Å². The van der Waals surface area contributed by atoms with Gasteiger partial charge in [0, 0.05) is 40.7 Å². The number of primary amides is 1. The van der Waals surface area contributed by atoms with Crippen molar-refractivity contribution < 1.29 is 9.59 Å². The van der Waals surface area contributed by atoms with Crippen LogP contribution in [0.3, 0.4) is 0 Å². The third-order valence-corrected chi connectivity index (χ3v) is 3.28. The molecule has 5 heteroatoms. The van der Waals surface area contributed by atoms with E-state index in [9.17, 15) is 9.59 Å². The molecular weight excluding hydrogens is 254 g/mol. The maximum Gasteiger partial charge on any atom is 0.256 e. The molecule has 20 heavy (non-hydrogen) atoms. The molecule has 4 N–H and O–H groups in total. The molecule has 0 unspecified atom stereocenters. The van der Waals surface area contributed by atoms with Gasteiger partial charge in [-0.1, -0.05) is 6.08 Å². The van der Waals surface area contributed by atoms with E-state index in [4.69, 9.17) is 5.73 Å². The third kappa shape index (κ3) is 2.09. The Morgan fingerprint density at radius 2 is 2.15 bits per heavy atom. The number of allylic oxidation sites excluding steroid dienone is 1. The van der Waals surface area contributed by atoms with Crippen LogP contribution in [0.1, 0.15) is 21.6 Å². The van der Waals surface area contributed by atoms with E-state index >= 15 is 0 Å². The highest BCUT2D eigenvalue weighted by Gasteiger charge is 2.24. The molecule has 0 fully saturated rings. The van der Waals surface area contributed by atoms with Crippen LogP contribution in [-0.2, 0) is 11.2 Å². The first kappa shape index (κ1) is 12.2. The average Bonchev–Trinajstić information content (AvgIpc) is 3.02. The van der Waals surface area contributed by atoms with Crippen LogP contribution in [0.5, 0.6) is 0 Å². The smallest absolute Gasteiger partial charge is 0.256 e. The van der Waals surface area contributed by atoms with Gasteiger partial charge >= 0.3 is 0 Å². The van der Waals surface area contributed by atoms with Gasteiger partial charge in [0.05, 0.1) is 0 Å². The fraction of sp³-hybridized carbons (Fsp3) is 0.0667. The Labute approximate surface area is 115 Å². The Balaban J connectivity index is 1.97. The molecule has 0 saturated carbocycles. The molecule has 2 heterocycles. The number of nitrogens with one attached hydrogen (secondary N) is 2. The van der Waals surface area contributed by atoms with E-state index in [1.54, 1.807) is 18.2 Å². The maximum atomic E-state index is 12.0. The predicted octanol–water partition coefficient (Wildman–Crippen LogP) is 1.69. The zero-order chi connectivity index (χ0) is 14.1. The second kappa shape index (κ2) is 4.70. The summed E-state index contributed by atoms with van der Waals surface area (Å²) in [5.74, 6) is -0.663. The van der Waals surface area contributed by atoms with Crippen molar-refractivity contribution >= 4 is 23.1 Å². The van der Waals surface area contributed by atoms with E-state index in [1.165, 1.54) is 0 Å². The second-order valence-electron chi connectivity index (χ2n) is 4.60. The third-order valence-electron chi connectivity index (χ3n) is 3.28. The standard InChI is InChI=1S/C15H13N3O2/c16-14(19)9-3-6-13-12(8-9)11(15(20)18-13)5-4-10-2-1-7-17-10/h1-3,5-8,17H,4H2,(H2,16,19)(H,18,20). The van der Waals surface area contributed by atoms with Crippen molar-refractivity contribution in [1.29, 1.82) is 0 Å². The van der Waals surface area contributed by atoms with Crippen molar-refractivity contribution in [2.75, 3.05) is 5.32 Å². The largest absolute Gasteiger partial charge is 0.366 e. The molecule has 0 spiro atoms. The van der Waals surface area contributed by atoms with Gasteiger partial charge in [0.2, 0.25) is 5.91 Å². The second-order valence-corrected chi connectivity index (χ2v) is 4.60. The normalized spacial score (nSPS) is 15.2. The summed E-state index contributed by atoms with van der Waals surface area (Å²) in [4.78, 5) is 26.3. The van der Waals surface area contributed by atoms with Crippen LogP contribution in [0, 0.1) is 0 Å². The molecule has 0 saturated heterocycles. The first-order valence-corrected chi connectivity index (χ1v) is 6.23. The number of aromatic nitrogens is 1. The van der Waals surface area contributed by atoms with Crippen molar-refractivity contribution in [3.05, 3.63) is 59.4 Å². The van der Waals surface area contributed by atoms with Crippen LogP contribution in [-0.4, -0.2) is 16.8 Å². The van der Waals surface area contributed by atoms with Crippen LogP contribution in [0.2, 0.25) is 0 Å². The van der Waals surface area contributed by atoms with Gasteiger partial charge in [-0.25, -0.2) is 0 Å². The number of rotatable bonds is 3. The molecule has 2 amide bonds. The number of anilines is 1. The van der Waals surface area contributed by atoms with Gasteiger partial charge in [-0.15, -0.1) is 0 Å². The van der Waals surface area contributed by atoms with E-state index in [0.29, 0.717) is 23.2 Å². The predicted molar refractivity (Wildman–Crippen MR) is 76.1 cm³/mol. The highest BCUT2D eigenvalue weighted by atomic mass is 16.2. The van der Waals surface area contributed by atoms with Crippen LogP contribution < -0.4 is 11.1 Å². The van der Waals surface area contributed by atoms with Crippen LogP contribution in [0.15, 0.2) is 42.6 Å². The molecule has 3 rings (SSSR count). The minimum atomic E-state index is -0.504. The van der Waals surface area contributed by atoms with Gasteiger partial charge < -0.3 is 16.0 Å². The summed E-state index contributed by atoms with van der Waals surface area (Å²) < 4.78 is 0. The van der Waals surface area contributed by atoms with Crippen molar-refractivity contribution in [3.63, 3.8) is 0 Å². The van der Waals surface area contributed by atoms with Crippen LogP contribution in [0.4, 0.5) is 5.69 Å². The molecular formula is C15H13N3O2. The highest BCUT2D eigenvalue weighted by Crippen LogP contribution is 2.32. The minimum absolute atomic E-state index is 0.159. The summed E-state index contributed by atoms with van der Waals surface area (Å²) >= 11 is 0. The Hall–Kier alpha value is -2.82. The fourth-order valence-electron chi connectivity index (χ4n) is 2.25. The molecule has 1 aromatic heterocycles. The molecule has 1 aromatic carbocycles. The molecule has 0 radical (unpaired) electrons. The Kier molecular flexibility index (Phi) is 2.87. The minimum Gasteiger partial charge on any atom is -0.366 e. The zero-order valence-corrected chi connectivity index (χ0v) is 10.6. The number of hydrogen-bond donors (Lipinski definition) is 3. The number of benzene rings is 1. The van der Waals surface area contributed by atoms with Gasteiger partial charge in [-0.05, 0) is 30.3 Å². The lowest BCUT2D eigenvalue weighted by atomic mass is 10.0. The van der Waals surface area contributed by atoms with E-state index < -0.39 is 5.91 Å². The summed E-state index contributed by atoms with van der Waals surface area (Å²) in [6, 6.07) is 8.81. The Morgan fingerprint density at radius 1 is 1.30 bits per heavy atom. The molecule has 0 atom stereocenters. The number of amides is 2. The number of hydrogen-bond acceptors (Lipinski definition) is 2. The van der Waals surface area contributed by atoms with E-state index in [2.05, 4.69) is 10.3 Å². The monoisotopic (exact) mass is 267 g/mol. The molecule has 2 aromatic rings. The summed E-state index contributed by atoms with van der Waals surface area (Å²) in [5, 5.41) is 2.77. The molecule has 1 aliphatic heterocycles. The Morgan fingerprint density at radius 3 is 2.85 bits per heavy atom. The Bertz CT molecular complexity index is 715.